The van der Waals surface area contributed by atoms with E-state index in [0.29, 0.717) is 12.2 Å². The van der Waals surface area contributed by atoms with Crippen LogP contribution in [0.3, 0.4) is 0 Å². The molecule has 5 aliphatic carbocycles. The highest BCUT2D eigenvalue weighted by Crippen LogP contribution is 2.79. The normalized spacial score (nSPS) is 45.3. The Morgan fingerprint density at radius 3 is 2.14 bits per heavy atom. The Hall–Kier alpha value is -3.10. The average molecular weight is 687 g/mol. The highest BCUT2D eigenvalue weighted by molar-refractivity contribution is 5.89. The van der Waals surface area contributed by atoms with Crippen LogP contribution < -0.4 is 4.74 Å². The summed E-state index contributed by atoms with van der Waals surface area (Å²) >= 11 is 0. The third-order valence-electron chi connectivity index (χ3n) is 13.2. The summed E-state index contributed by atoms with van der Waals surface area (Å²) < 4.78 is 51.6. The number of esters is 3. The van der Waals surface area contributed by atoms with Gasteiger partial charge in [-0.25, -0.2) is 9.37 Å². The molecule has 1 heterocycles. The highest BCUT2D eigenvalue weighted by atomic mass is 16.6. The van der Waals surface area contributed by atoms with Gasteiger partial charge in [-0.05, 0) is 36.6 Å². The molecule has 13 heteroatoms. The van der Waals surface area contributed by atoms with Crippen LogP contribution in [0.5, 0.6) is 5.75 Å². The number of methoxy groups -OCH3 is 5. The Kier molecular flexibility index (Phi) is 8.22. The summed E-state index contributed by atoms with van der Waals surface area (Å²) in [6, 6.07) is 6.28. The van der Waals surface area contributed by atoms with Gasteiger partial charge < -0.3 is 43.0 Å². The van der Waals surface area contributed by atoms with Crippen LogP contribution in [0.1, 0.15) is 43.5 Å². The Balaban J connectivity index is 1.47. The first-order chi connectivity index (χ1) is 23.3. The lowest BCUT2D eigenvalue weighted by Crippen LogP contribution is -2.77. The number of benzene rings is 1. The fourth-order valence-corrected chi connectivity index (χ4v) is 12.3. The highest BCUT2D eigenvalue weighted by Gasteiger charge is 2.92. The summed E-state index contributed by atoms with van der Waals surface area (Å²) in [4.78, 5) is 39.8. The van der Waals surface area contributed by atoms with E-state index < -0.39 is 88.2 Å². The first kappa shape index (κ1) is 34.4. The Labute approximate surface area is 286 Å². The molecule has 49 heavy (non-hydrogen) atoms. The van der Waals surface area contributed by atoms with E-state index in [1.165, 1.54) is 21.0 Å². The molecule has 14 atom stereocenters. The predicted octanol–water partition coefficient (Wildman–Crippen LogP) is 1.65. The maximum absolute atomic E-state index is 13.9. The third-order valence-corrected chi connectivity index (χ3v) is 13.2. The smallest absolute Gasteiger partial charge is 0.338 e. The van der Waals surface area contributed by atoms with Crippen molar-refractivity contribution in [1.82, 2.24) is 0 Å². The Morgan fingerprint density at radius 1 is 0.878 bits per heavy atom. The van der Waals surface area contributed by atoms with Gasteiger partial charge in [-0.2, -0.15) is 0 Å². The van der Waals surface area contributed by atoms with Crippen molar-refractivity contribution in [3.05, 3.63) is 29.8 Å². The first-order valence-electron chi connectivity index (χ1n) is 16.9. The summed E-state index contributed by atoms with van der Waals surface area (Å²) in [5.41, 5.74) is -4.22. The van der Waals surface area contributed by atoms with Crippen LogP contribution in [0.15, 0.2) is 24.3 Å². The van der Waals surface area contributed by atoms with E-state index in [1.54, 1.807) is 52.7 Å². The van der Waals surface area contributed by atoms with E-state index in [-0.39, 0.29) is 37.0 Å². The largest absolute Gasteiger partial charge is 0.497 e. The van der Waals surface area contributed by atoms with Crippen LogP contribution in [0.25, 0.3) is 0 Å². The van der Waals surface area contributed by atoms with Crippen molar-refractivity contribution in [3.8, 4) is 5.75 Å². The van der Waals surface area contributed by atoms with E-state index in [2.05, 4.69) is 10.8 Å². The number of rotatable bonds is 10. The van der Waals surface area contributed by atoms with Gasteiger partial charge in [0.15, 0.2) is 12.3 Å². The topological polar surface area (TPSA) is 148 Å². The molecule has 1 aromatic rings. The molecule has 1 N–H and O–H groups in total. The fourth-order valence-electron chi connectivity index (χ4n) is 12.3. The number of carbonyl (C=O) groups excluding carboxylic acids is 3. The van der Waals surface area contributed by atoms with E-state index in [0.717, 1.165) is 0 Å². The van der Waals surface area contributed by atoms with Crippen LogP contribution in [0.4, 0.5) is 0 Å². The number of hydrogen-bond donors (Lipinski definition) is 1. The Morgan fingerprint density at radius 2 is 1.57 bits per heavy atom. The third kappa shape index (κ3) is 4.28. The number of nitrogens with zero attached hydrogens (tertiary/aromatic N) is 1. The minimum absolute atomic E-state index is 0.164. The zero-order valence-corrected chi connectivity index (χ0v) is 29.4. The molecule has 1 spiro atoms. The zero-order chi connectivity index (χ0) is 35.3. The second-order valence-corrected chi connectivity index (χ2v) is 14.9. The van der Waals surface area contributed by atoms with Crippen molar-refractivity contribution in [1.29, 1.82) is 0 Å². The quantitative estimate of drug-likeness (QED) is 0.217. The van der Waals surface area contributed by atoms with Crippen molar-refractivity contribution in [2.45, 2.75) is 80.9 Å². The minimum Gasteiger partial charge on any atom is -0.497 e. The molecule has 1 aliphatic heterocycles. The molecule has 0 aromatic heterocycles. The lowest BCUT2D eigenvalue weighted by Gasteiger charge is -2.63. The molecular formula is C36H48NO12+. The van der Waals surface area contributed by atoms with E-state index >= 15 is 0 Å². The number of aliphatic hydroxyl groups is 1. The molecule has 2 unspecified atom stereocenters. The minimum atomic E-state index is -1.62. The fraction of sp³-hybridized carbons (Fsp3) is 0.722. The number of ether oxygens (including phenoxy) is 8. The summed E-state index contributed by atoms with van der Waals surface area (Å²) in [5.74, 6) is -2.86. The van der Waals surface area contributed by atoms with Crippen molar-refractivity contribution in [3.63, 3.8) is 0 Å². The SMILES string of the molecule is COCC12C=[N+](C)C3[C@@H]4[C@H](OC)[C@H]1[C@@]3([C@@H](OC)C[C@H]2OC(C)=O)[C@@H]1C[C@]2(O)[C@@H](OC)C[C@@]4(OC(C)=O)[C@H]1[C@H]2OC(=O)c1ccc(OC)cc1. The van der Waals surface area contributed by atoms with Crippen LogP contribution in [0, 0.1) is 34.5 Å². The molecule has 5 fully saturated rings. The van der Waals surface area contributed by atoms with Gasteiger partial charge in [0.1, 0.15) is 41.6 Å². The van der Waals surface area contributed by atoms with Crippen LogP contribution in [-0.4, -0.2) is 131 Å². The first-order valence-corrected chi connectivity index (χ1v) is 16.9. The van der Waals surface area contributed by atoms with Gasteiger partial charge in [0, 0.05) is 67.0 Å². The second-order valence-electron chi connectivity index (χ2n) is 14.9. The van der Waals surface area contributed by atoms with Crippen LogP contribution >= 0.6 is 0 Å². The van der Waals surface area contributed by atoms with Crippen molar-refractivity contribution in [2.75, 3.05) is 49.2 Å². The van der Waals surface area contributed by atoms with Gasteiger partial charge in [-0.3, -0.25) is 9.59 Å². The molecule has 6 aliphatic rings. The second kappa shape index (κ2) is 11.7. The Bertz CT molecular complexity index is 1550. The van der Waals surface area contributed by atoms with Gasteiger partial charge >= 0.3 is 17.9 Å². The summed E-state index contributed by atoms with van der Waals surface area (Å²) in [5, 5.41) is 12.8. The molecule has 5 saturated carbocycles. The molecule has 268 valence electrons. The van der Waals surface area contributed by atoms with Crippen LogP contribution in [0.2, 0.25) is 0 Å². The van der Waals surface area contributed by atoms with E-state index in [4.69, 9.17) is 37.9 Å². The predicted molar refractivity (Wildman–Crippen MR) is 170 cm³/mol. The summed E-state index contributed by atoms with van der Waals surface area (Å²) in [6.07, 6.45) is -0.744. The van der Waals surface area contributed by atoms with Gasteiger partial charge in [-0.15, -0.1) is 0 Å². The maximum atomic E-state index is 13.9. The monoisotopic (exact) mass is 686 g/mol. The number of hydrogen-bond acceptors (Lipinski definition) is 12. The summed E-state index contributed by atoms with van der Waals surface area (Å²) in [6.45, 7) is 2.99. The molecule has 0 radical (unpaired) electrons. The van der Waals surface area contributed by atoms with E-state index in [1.807, 2.05) is 7.05 Å². The molecular weight excluding hydrogens is 638 g/mol. The molecule has 0 saturated heterocycles. The molecule has 0 amide bonds. The molecule has 13 nitrogen and oxygen atoms in total. The van der Waals surface area contributed by atoms with Crippen molar-refractivity contribution >= 4 is 24.1 Å². The lowest BCUT2D eigenvalue weighted by atomic mass is 9.43. The summed E-state index contributed by atoms with van der Waals surface area (Å²) in [7, 11) is 9.98. The van der Waals surface area contributed by atoms with Gasteiger partial charge in [0.2, 0.25) is 0 Å². The lowest BCUT2D eigenvalue weighted by molar-refractivity contribution is -0.591. The molecule has 7 bridgehead atoms. The zero-order valence-electron chi connectivity index (χ0n) is 29.4. The van der Waals surface area contributed by atoms with Crippen LogP contribution in [-0.2, 0) is 42.7 Å². The molecule has 7 rings (SSSR count). The standard InChI is InChI=1S/C36H48NO12/c1-18(38)47-23-13-24(44-6)36-22-14-34(41)25(45-7)15-35(49-19(2)39,26(22)31(34)48-32(40)20-9-11-21(43-5)12-10-20)27-28(46-8)29(36)33(23,17-42-4)16-37(3)30(27)36/h9-12,16,22-31,41H,13-15,17H2,1-8H3/q+1/t22-,23-,24+,25+,26-,27+,28+,29-,30?,31-,33?,34+,35-,36+/m1/s1. The van der Waals surface area contributed by atoms with Crippen molar-refractivity contribution < 1.29 is 62.0 Å². The van der Waals surface area contributed by atoms with Gasteiger partial charge in [0.05, 0.1) is 48.9 Å². The number of fused-ring (bicyclic) bond motifs is 2. The average Bonchev–Trinajstić information content (AvgIpc) is 3.45. The number of carbonyl (C=O) groups is 3. The molecule has 1 aromatic carbocycles. The van der Waals surface area contributed by atoms with Gasteiger partial charge in [0.25, 0.3) is 0 Å². The maximum Gasteiger partial charge on any atom is 0.338 e. The van der Waals surface area contributed by atoms with Crippen molar-refractivity contribution in [2.24, 2.45) is 34.5 Å². The van der Waals surface area contributed by atoms with Gasteiger partial charge in [-0.1, -0.05) is 0 Å². The van der Waals surface area contributed by atoms with E-state index in [9.17, 15) is 19.5 Å².